The first kappa shape index (κ1) is 21.2. The summed E-state index contributed by atoms with van der Waals surface area (Å²) in [4.78, 5) is 0. The Morgan fingerprint density at radius 2 is 1.04 bits per heavy atom. The van der Waals surface area contributed by atoms with Crippen molar-refractivity contribution in [3.63, 3.8) is 0 Å². The van der Waals surface area contributed by atoms with Crippen LogP contribution in [-0.4, -0.2) is 0 Å². The lowest BCUT2D eigenvalue weighted by molar-refractivity contribution is 0.0885. The van der Waals surface area contributed by atoms with Gasteiger partial charge in [-0.3, -0.25) is 0 Å². The van der Waals surface area contributed by atoms with Crippen molar-refractivity contribution in [2.75, 3.05) is 0 Å². The van der Waals surface area contributed by atoms with Crippen LogP contribution in [0.5, 0.6) is 0 Å². The fraction of sp³-hybridized carbons (Fsp3) is 0.962. The molecule has 154 valence electrons. The van der Waals surface area contributed by atoms with Gasteiger partial charge in [0.05, 0.1) is 6.07 Å². The molecule has 0 aromatic rings. The topological polar surface area (TPSA) is 23.8 Å². The predicted molar refractivity (Wildman–Crippen MR) is 115 cm³/mol. The fourth-order valence-electron chi connectivity index (χ4n) is 7.15. The summed E-state index contributed by atoms with van der Waals surface area (Å²) >= 11 is 0. The highest BCUT2D eigenvalue weighted by molar-refractivity contribution is 4.90. The van der Waals surface area contributed by atoms with E-state index in [0.717, 1.165) is 41.4 Å². The van der Waals surface area contributed by atoms with E-state index in [0.29, 0.717) is 5.92 Å². The molecule has 2 unspecified atom stereocenters. The van der Waals surface area contributed by atoms with Gasteiger partial charge in [-0.1, -0.05) is 46.5 Å². The highest BCUT2D eigenvalue weighted by atomic mass is 14.4. The molecule has 0 heterocycles. The third kappa shape index (κ3) is 5.52. The summed E-state index contributed by atoms with van der Waals surface area (Å²) < 4.78 is 0. The summed E-state index contributed by atoms with van der Waals surface area (Å²) in [5, 5.41) is 9.14. The second-order valence-corrected chi connectivity index (χ2v) is 10.7. The van der Waals surface area contributed by atoms with Crippen LogP contribution in [0.25, 0.3) is 0 Å². The van der Waals surface area contributed by atoms with Gasteiger partial charge in [-0.15, -0.1) is 0 Å². The normalized spacial score (nSPS) is 40.1. The molecule has 1 nitrogen and oxygen atoms in total. The second kappa shape index (κ2) is 10.3. The Bertz CT molecular complexity index is 453. The van der Waals surface area contributed by atoms with E-state index in [1.807, 2.05) is 0 Å². The first-order chi connectivity index (χ1) is 13.1. The molecule has 2 atom stereocenters. The largest absolute Gasteiger partial charge is 0.198 e. The zero-order valence-corrected chi connectivity index (χ0v) is 18.5. The van der Waals surface area contributed by atoms with Crippen molar-refractivity contribution in [1.29, 1.82) is 5.26 Å². The van der Waals surface area contributed by atoms with Crippen molar-refractivity contribution >= 4 is 0 Å². The Hall–Kier alpha value is -0.510. The summed E-state index contributed by atoms with van der Waals surface area (Å²) in [7, 11) is 0. The second-order valence-electron chi connectivity index (χ2n) is 10.7. The van der Waals surface area contributed by atoms with Crippen LogP contribution in [0.4, 0.5) is 0 Å². The lowest BCUT2D eigenvalue weighted by Gasteiger charge is -2.42. The molecule has 3 aliphatic rings. The number of rotatable bonds is 6. The number of hydrogen-bond acceptors (Lipinski definition) is 1. The zero-order chi connectivity index (χ0) is 19.2. The van der Waals surface area contributed by atoms with E-state index in [9.17, 15) is 0 Å². The van der Waals surface area contributed by atoms with Crippen LogP contribution in [0.1, 0.15) is 111 Å². The van der Waals surface area contributed by atoms with Crippen LogP contribution in [0, 0.1) is 58.7 Å². The van der Waals surface area contributed by atoms with Gasteiger partial charge in [0.15, 0.2) is 0 Å². The number of nitrogens with zero attached hydrogens (tertiary/aromatic N) is 1. The van der Waals surface area contributed by atoms with E-state index in [4.69, 9.17) is 5.26 Å². The molecular formula is C26H45N. The Morgan fingerprint density at radius 1 is 0.667 bits per heavy atom. The quantitative estimate of drug-likeness (QED) is 0.464. The van der Waals surface area contributed by atoms with Gasteiger partial charge in [0.25, 0.3) is 0 Å². The van der Waals surface area contributed by atoms with Crippen LogP contribution < -0.4 is 0 Å². The number of nitriles is 1. The molecule has 3 aliphatic carbocycles. The van der Waals surface area contributed by atoms with E-state index < -0.39 is 0 Å². The minimum atomic E-state index is 0.359. The molecule has 27 heavy (non-hydrogen) atoms. The van der Waals surface area contributed by atoms with Gasteiger partial charge in [0.2, 0.25) is 0 Å². The van der Waals surface area contributed by atoms with E-state index in [1.165, 1.54) is 89.9 Å². The Kier molecular flexibility index (Phi) is 8.10. The van der Waals surface area contributed by atoms with E-state index >= 15 is 0 Å². The predicted octanol–water partition coefficient (Wildman–Crippen LogP) is 8.00. The lowest BCUT2D eigenvalue weighted by Crippen LogP contribution is -2.32. The van der Waals surface area contributed by atoms with Gasteiger partial charge in [0.1, 0.15) is 0 Å². The minimum absolute atomic E-state index is 0.359. The van der Waals surface area contributed by atoms with Crippen molar-refractivity contribution in [3.05, 3.63) is 0 Å². The molecular weight excluding hydrogens is 326 g/mol. The molecule has 0 amide bonds. The van der Waals surface area contributed by atoms with Crippen molar-refractivity contribution < 1.29 is 0 Å². The summed E-state index contributed by atoms with van der Waals surface area (Å²) in [6, 6.07) is 2.50. The van der Waals surface area contributed by atoms with Gasteiger partial charge in [-0.05, 0) is 106 Å². The summed E-state index contributed by atoms with van der Waals surface area (Å²) in [5.74, 6) is 7.18. The molecule has 0 N–H and O–H groups in total. The first-order valence-corrected chi connectivity index (χ1v) is 12.5. The van der Waals surface area contributed by atoms with Crippen molar-refractivity contribution in [2.45, 2.75) is 111 Å². The van der Waals surface area contributed by atoms with Gasteiger partial charge in [-0.25, -0.2) is 0 Å². The smallest absolute Gasteiger partial charge is 0.0655 e. The summed E-state index contributed by atoms with van der Waals surface area (Å²) in [5.41, 5.74) is 0. The molecule has 3 rings (SSSR count). The Labute approximate surface area is 169 Å². The van der Waals surface area contributed by atoms with E-state index in [-0.39, 0.29) is 0 Å². The van der Waals surface area contributed by atoms with Crippen LogP contribution in [-0.2, 0) is 0 Å². The SMILES string of the molecule is CCCC1CCC(C(C)C2CCC(C(C)C3CCC(C#N)CC3)CC2)CC1. The maximum atomic E-state index is 9.14. The molecule has 0 spiro atoms. The molecule has 0 aliphatic heterocycles. The van der Waals surface area contributed by atoms with Gasteiger partial charge < -0.3 is 0 Å². The molecule has 0 aromatic heterocycles. The molecule has 0 saturated heterocycles. The molecule has 0 radical (unpaired) electrons. The van der Waals surface area contributed by atoms with Crippen molar-refractivity contribution in [3.8, 4) is 6.07 Å². The average Bonchev–Trinajstić information content (AvgIpc) is 2.74. The Morgan fingerprint density at radius 3 is 1.41 bits per heavy atom. The van der Waals surface area contributed by atoms with E-state index in [1.54, 1.807) is 0 Å². The molecule has 0 aromatic carbocycles. The average molecular weight is 372 g/mol. The highest BCUT2D eigenvalue weighted by Crippen LogP contribution is 2.46. The minimum Gasteiger partial charge on any atom is -0.198 e. The van der Waals surface area contributed by atoms with Gasteiger partial charge >= 0.3 is 0 Å². The summed E-state index contributed by atoms with van der Waals surface area (Å²) in [6.45, 7) is 7.49. The standard InChI is InChI=1S/C26H45N/c1-4-5-21-6-10-23(11-7-21)19(2)25-14-16-26(17-15-25)20(3)24-12-8-22(18-27)9-13-24/h19-26H,4-17H2,1-3H3. The van der Waals surface area contributed by atoms with Crippen LogP contribution in [0.3, 0.4) is 0 Å². The van der Waals surface area contributed by atoms with Crippen LogP contribution in [0.2, 0.25) is 0 Å². The van der Waals surface area contributed by atoms with E-state index in [2.05, 4.69) is 26.8 Å². The maximum Gasteiger partial charge on any atom is 0.0655 e. The third-order valence-electron chi connectivity index (χ3n) is 9.33. The molecule has 1 heteroatoms. The van der Waals surface area contributed by atoms with Gasteiger partial charge in [-0.2, -0.15) is 5.26 Å². The molecule has 3 fully saturated rings. The maximum absolute atomic E-state index is 9.14. The molecule has 0 bridgehead atoms. The van der Waals surface area contributed by atoms with Crippen LogP contribution in [0.15, 0.2) is 0 Å². The van der Waals surface area contributed by atoms with Crippen LogP contribution >= 0.6 is 0 Å². The molecule has 3 saturated carbocycles. The third-order valence-corrected chi connectivity index (χ3v) is 9.33. The fourth-order valence-corrected chi connectivity index (χ4v) is 7.15. The summed E-state index contributed by atoms with van der Waals surface area (Å²) in [6.07, 6.45) is 19.8. The van der Waals surface area contributed by atoms with Crippen molar-refractivity contribution in [1.82, 2.24) is 0 Å². The van der Waals surface area contributed by atoms with Gasteiger partial charge in [0, 0.05) is 5.92 Å². The highest BCUT2D eigenvalue weighted by Gasteiger charge is 2.35. The first-order valence-electron chi connectivity index (χ1n) is 12.5. The Balaban J connectivity index is 1.40. The number of hydrogen-bond donors (Lipinski definition) is 0. The van der Waals surface area contributed by atoms with Crippen molar-refractivity contribution in [2.24, 2.45) is 47.3 Å². The lowest BCUT2D eigenvalue weighted by atomic mass is 9.64. The monoisotopic (exact) mass is 371 g/mol. The zero-order valence-electron chi connectivity index (χ0n) is 18.5.